The van der Waals surface area contributed by atoms with Crippen LogP contribution >= 0.6 is 0 Å². The van der Waals surface area contributed by atoms with Gasteiger partial charge in [0, 0.05) is 0 Å². The highest BCUT2D eigenvalue weighted by atomic mass is 28.3. The summed E-state index contributed by atoms with van der Waals surface area (Å²) >= 11 is 0. The Morgan fingerprint density at radius 3 is 2.50 bits per heavy atom. The van der Waals surface area contributed by atoms with Crippen molar-refractivity contribution in [2.24, 2.45) is 0 Å². The molecule has 0 fully saturated rings. The third-order valence-corrected chi connectivity index (χ3v) is 1.10. The molecule has 0 aromatic carbocycles. The molecule has 0 unspecified atom stereocenters. The summed E-state index contributed by atoms with van der Waals surface area (Å²) in [4.78, 5) is 0. The van der Waals surface area contributed by atoms with Gasteiger partial charge in [-0.25, -0.2) is 0 Å². The molecule has 0 aromatic rings. The number of hydrogen-bond donors (Lipinski definition) is 0. The van der Waals surface area contributed by atoms with Crippen LogP contribution in [0.2, 0.25) is 0 Å². The predicted molar refractivity (Wildman–Crippen MR) is 23.6 cm³/mol. The van der Waals surface area contributed by atoms with E-state index < -0.39 is 8.93 Å². The van der Waals surface area contributed by atoms with Crippen LogP contribution in [0.15, 0.2) is 12.3 Å². The minimum atomic E-state index is -1.85. The van der Waals surface area contributed by atoms with Crippen molar-refractivity contribution in [3.8, 4) is 0 Å². The van der Waals surface area contributed by atoms with Crippen LogP contribution in [-0.2, 0) is 8.89 Å². The zero-order valence-electron chi connectivity index (χ0n) is 3.60. The van der Waals surface area contributed by atoms with Gasteiger partial charge in [0.15, 0.2) is 0 Å². The first kappa shape index (κ1) is 5.56. The van der Waals surface area contributed by atoms with Gasteiger partial charge in [-0.15, -0.1) is 0 Å². The van der Waals surface area contributed by atoms with E-state index in [2.05, 4.69) is 11.0 Å². The van der Waals surface area contributed by atoms with Gasteiger partial charge in [-0.3, -0.25) is 0 Å². The lowest BCUT2D eigenvalue weighted by atomic mass is 11.3. The van der Waals surface area contributed by atoms with Gasteiger partial charge in [-0.1, -0.05) is 6.58 Å². The van der Waals surface area contributed by atoms with Crippen LogP contribution in [0.4, 0.5) is 0 Å². The molecule has 0 heterocycles. The maximum Gasteiger partial charge on any atom is 0.531 e. The summed E-state index contributed by atoms with van der Waals surface area (Å²) in [6.07, 6.45) is 0. The first-order chi connectivity index (χ1) is 2.81. The van der Waals surface area contributed by atoms with Crippen LogP contribution in [0, 0.1) is 0 Å². The maximum absolute atomic E-state index is 10.0. The lowest BCUT2D eigenvalue weighted by Crippen LogP contribution is -1.95. The average Bonchev–Trinajstić information content (AvgIpc) is 1.65. The standard InChI is InChI=1S/C3H6O2Si/c1-3-6(4)5-2/h3H,1H2,2H3. The van der Waals surface area contributed by atoms with Crippen LogP contribution in [0.5, 0.6) is 0 Å². The second-order valence-corrected chi connectivity index (χ2v) is 2.18. The zero-order valence-corrected chi connectivity index (χ0v) is 4.60. The van der Waals surface area contributed by atoms with Gasteiger partial charge >= 0.3 is 8.93 Å². The van der Waals surface area contributed by atoms with Gasteiger partial charge in [-0.05, 0) is 5.70 Å². The summed E-state index contributed by atoms with van der Waals surface area (Å²) < 4.78 is 14.4. The second kappa shape index (κ2) is 2.78. The molecular weight excluding hydrogens is 96.1 g/mol. The zero-order chi connectivity index (χ0) is 4.99. The van der Waals surface area contributed by atoms with E-state index in [0.29, 0.717) is 0 Å². The molecule has 0 atom stereocenters. The van der Waals surface area contributed by atoms with E-state index in [1.54, 1.807) is 0 Å². The van der Waals surface area contributed by atoms with Crippen molar-refractivity contribution in [3.63, 3.8) is 0 Å². The Balaban J connectivity index is 3.23. The van der Waals surface area contributed by atoms with Crippen molar-refractivity contribution in [1.29, 1.82) is 0 Å². The first-order valence-corrected chi connectivity index (χ1v) is 2.91. The molecule has 0 aliphatic rings. The second-order valence-electron chi connectivity index (χ2n) is 0.727. The molecule has 0 spiro atoms. The van der Waals surface area contributed by atoms with Gasteiger partial charge in [0.2, 0.25) is 0 Å². The first-order valence-electron chi connectivity index (χ1n) is 1.51. The number of hydrogen-bond acceptors (Lipinski definition) is 2. The van der Waals surface area contributed by atoms with Crippen molar-refractivity contribution < 1.29 is 8.89 Å². The average molecular weight is 102 g/mol. The molecule has 0 rings (SSSR count). The van der Waals surface area contributed by atoms with Crippen LogP contribution in [0.25, 0.3) is 0 Å². The Morgan fingerprint density at radius 1 is 2.00 bits per heavy atom. The monoisotopic (exact) mass is 102 g/mol. The molecule has 34 valence electrons. The summed E-state index contributed by atoms with van der Waals surface area (Å²) in [7, 11) is -0.463. The lowest BCUT2D eigenvalue weighted by molar-refractivity contribution is 0.375. The largest absolute Gasteiger partial charge is 0.531 e. The third-order valence-electron chi connectivity index (χ3n) is 0.368. The smallest absolute Gasteiger partial charge is 0.524 e. The van der Waals surface area contributed by atoms with E-state index in [1.807, 2.05) is 0 Å². The minimum Gasteiger partial charge on any atom is -0.524 e. The molecule has 0 bridgehead atoms. The van der Waals surface area contributed by atoms with E-state index in [4.69, 9.17) is 0 Å². The molecule has 0 saturated heterocycles. The van der Waals surface area contributed by atoms with Crippen LogP contribution < -0.4 is 0 Å². The Morgan fingerprint density at radius 2 is 2.50 bits per heavy atom. The fourth-order valence-electron chi connectivity index (χ4n) is 0.0833. The minimum absolute atomic E-state index is 1.30. The molecule has 0 aromatic heterocycles. The Bertz CT molecular complexity index is 69.2. The molecule has 3 heteroatoms. The molecular formula is C3H6O2Si. The van der Waals surface area contributed by atoms with Gasteiger partial charge < -0.3 is 8.89 Å². The molecule has 6 heavy (non-hydrogen) atoms. The van der Waals surface area contributed by atoms with Crippen LogP contribution in [0.1, 0.15) is 0 Å². The van der Waals surface area contributed by atoms with Crippen molar-refractivity contribution >= 4 is 8.93 Å². The maximum atomic E-state index is 10.0. The predicted octanol–water partition coefficient (Wildman–Crippen LogP) is 0.277. The summed E-state index contributed by atoms with van der Waals surface area (Å²) in [5, 5.41) is 0. The fraction of sp³-hybridized carbons (Fsp3) is 0.333. The summed E-state index contributed by atoms with van der Waals surface area (Å²) in [5.74, 6) is 0. The normalized spacial score (nSPS) is 6.83. The quantitative estimate of drug-likeness (QED) is 0.468. The molecule has 0 aliphatic heterocycles. The van der Waals surface area contributed by atoms with E-state index in [1.165, 1.54) is 12.8 Å². The van der Waals surface area contributed by atoms with Gasteiger partial charge in [0.25, 0.3) is 0 Å². The van der Waals surface area contributed by atoms with Crippen LogP contribution in [0.3, 0.4) is 0 Å². The lowest BCUT2D eigenvalue weighted by Gasteiger charge is -1.81. The van der Waals surface area contributed by atoms with Crippen molar-refractivity contribution in [2.75, 3.05) is 7.11 Å². The Labute approximate surface area is 38.2 Å². The summed E-state index contributed by atoms with van der Waals surface area (Å²) in [6, 6.07) is 0. The summed E-state index contributed by atoms with van der Waals surface area (Å²) in [5.41, 5.74) is 1.30. The van der Waals surface area contributed by atoms with Crippen molar-refractivity contribution in [3.05, 3.63) is 12.3 Å². The highest BCUT2D eigenvalue weighted by Crippen LogP contribution is 1.64. The van der Waals surface area contributed by atoms with Gasteiger partial charge in [0.05, 0.1) is 7.11 Å². The highest BCUT2D eigenvalue weighted by Gasteiger charge is 1.90. The molecule has 0 radical (unpaired) electrons. The SMILES string of the molecule is C=C[Si](=O)OC. The van der Waals surface area contributed by atoms with Crippen LogP contribution in [-0.4, -0.2) is 16.0 Å². The summed E-state index contributed by atoms with van der Waals surface area (Å²) in [6.45, 7) is 3.24. The fourth-order valence-corrected chi connectivity index (χ4v) is 0.250. The van der Waals surface area contributed by atoms with Gasteiger partial charge in [0.1, 0.15) is 0 Å². The van der Waals surface area contributed by atoms with E-state index in [9.17, 15) is 4.46 Å². The molecule has 0 N–H and O–H groups in total. The van der Waals surface area contributed by atoms with E-state index in [0.717, 1.165) is 0 Å². The Kier molecular flexibility index (Phi) is 2.57. The van der Waals surface area contributed by atoms with E-state index in [-0.39, 0.29) is 0 Å². The Hall–Kier alpha value is -0.443. The van der Waals surface area contributed by atoms with Crippen molar-refractivity contribution in [1.82, 2.24) is 0 Å². The van der Waals surface area contributed by atoms with E-state index >= 15 is 0 Å². The highest BCUT2D eigenvalue weighted by molar-refractivity contribution is 6.41. The topological polar surface area (TPSA) is 26.3 Å². The van der Waals surface area contributed by atoms with Crippen molar-refractivity contribution in [2.45, 2.75) is 0 Å². The third kappa shape index (κ3) is 1.84. The molecule has 2 nitrogen and oxygen atoms in total. The molecule has 0 aliphatic carbocycles. The van der Waals surface area contributed by atoms with Gasteiger partial charge in [-0.2, -0.15) is 0 Å². The number of rotatable bonds is 2. The molecule has 0 saturated carbocycles. The molecule has 0 amide bonds.